The molecule has 0 saturated heterocycles. The lowest BCUT2D eigenvalue weighted by molar-refractivity contribution is -0.272. The molecular weight excluding hydrogens is 411 g/mol. The number of hydrogen-bond acceptors (Lipinski definition) is 4. The average molecular weight is 433 g/mol. The molecule has 1 amide bonds. The van der Waals surface area contributed by atoms with Crippen molar-refractivity contribution in [1.29, 1.82) is 0 Å². The molecule has 3 rings (SSSR count). The van der Waals surface area contributed by atoms with Gasteiger partial charge in [0, 0.05) is 38.0 Å². The number of halogens is 3. The summed E-state index contributed by atoms with van der Waals surface area (Å²) in [4.78, 5) is 15.9. The molecule has 6 nitrogen and oxygen atoms in total. The van der Waals surface area contributed by atoms with Crippen molar-refractivity contribution in [3.63, 3.8) is 0 Å². The standard InChI is InChI=1S/C22H22F3N3O3/c1-28-14-13-27-20(28)21(30,22(23,24)25)11-12-26-19(29)17-7-9-18(10-8-17)31-15-16-5-3-2-4-6-16/h2-10,13-14,30H,11-12,15H2,1H3,(H,26,29). The smallest absolute Gasteiger partial charge is 0.424 e. The second-order valence-corrected chi connectivity index (χ2v) is 7.02. The molecule has 0 aliphatic heterocycles. The van der Waals surface area contributed by atoms with Gasteiger partial charge in [-0.15, -0.1) is 0 Å². The Hall–Kier alpha value is -3.33. The average Bonchev–Trinajstić information content (AvgIpc) is 3.18. The minimum Gasteiger partial charge on any atom is -0.489 e. The van der Waals surface area contributed by atoms with E-state index in [0.717, 1.165) is 10.1 Å². The van der Waals surface area contributed by atoms with Crippen LogP contribution in [0.25, 0.3) is 0 Å². The summed E-state index contributed by atoms with van der Waals surface area (Å²) < 4.78 is 47.3. The molecular formula is C22H22F3N3O3. The van der Waals surface area contributed by atoms with Crippen LogP contribution in [0.5, 0.6) is 5.75 Å². The summed E-state index contributed by atoms with van der Waals surface area (Å²) in [5, 5.41) is 12.7. The Balaban J connectivity index is 1.57. The molecule has 3 aromatic rings. The van der Waals surface area contributed by atoms with Crippen molar-refractivity contribution < 1.29 is 27.8 Å². The van der Waals surface area contributed by atoms with Crippen LogP contribution in [0.1, 0.15) is 28.2 Å². The van der Waals surface area contributed by atoms with Crippen LogP contribution in [-0.2, 0) is 19.3 Å². The van der Waals surface area contributed by atoms with Crippen LogP contribution >= 0.6 is 0 Å². The lowest BCUT2D eigenvalue weighted by Crippen LogP contribution is -2.46. The summed E-state index contributed by atoms with van der Waals surface area (Å²) in [7, 11) is 1.36. The van der Waals surface area contributed by atoms with Crippen molar-refractivity contribution in [3.05, 3.63) is 83.9 Å². The highest BCUT2D eigenvalue weighted by atomic mass is 19.4. The van der Waals surface area contributed by atoms with E-state index in [-0.39, 0.29) is 5.56 Å². The molecule has 2 N–H and O–H groups in total. The zero-order chi connectivity index (χ0) is 22.5. The summed E-state index contributed by atoms with van der Waals surface area (Å²) in [5.41, 5.74) is -1.91. The van der Waals surface area contributed by atoms with E-state index in [0.29, 0.717) is 12.4 Å². The molecule has 164 valence electrons. The second-order valence-electron chi connectivity index (χ2n) is 7.02. The molecule has 9 heteroatoms. The van der Waals surface area contributed by atoms with Gasteiger partial charge in [0.05, 0.1) is 0 Å². The fourth-order valence-electron chi connectivity index (χ4n) is 3.05. The van der Waals surface area contributed by atoms with Gasteiger partial charge in [0.1, 0.15) is 18.2 Å². The molecule has 1 unspecified atom stereocenters. The van der Waals surface area contributed by atoms with Crippen LogP contribution in [0.4, 0.5) is 13.2 Å². The van der Waals surface area contributed by atoms with E-state index in [1.807, 2.05) is 30.3 Å². The number of imidazole rings is 1. The first-order valence-corrected chi connectivity index (χ1v) is 9.52. The van der Waals surface area contributed by atoms with Gasteiger partial charge in [-0.2, -0.15) is 13.2 Å². The van der Waals surface area contributed by atoms with Gasteiger partial charge in [-0.25, -0.2) is 4.98 Å². The van der Waals surface area contributed by atoms with Gasteiger partial charge in [0.2, 0.25) is 5.60 Å². The molecule has 2 aromatic carbocycles. The summed E-state index contributed by atoms with van der Waals surface area (Å²) in [5.74, 6) is -0.533. The predicted octanol–water partition coefficient (Wildman–Crippen LogP) is 3.57. The Morgan fingerprint density at radius 2 is 1.81 bits per heavy atom. The normalized spacial score (nSPS) is 13.5. The first kappa shape index (κ1) is 22.4. The van der Waals surface area contributed by atoms with Crippen molar-refractivity contribution >= 4 is 5.91 Å². The number of amides is 1. The Labute approximate surface area is 177 Å². The Bertz CT molecular complexity index is 1000. The number of carbonyl (C=O) groups excluding carboxylic acids is 1. The van der Waals surface area contributed by atoms with Gasteiger partial charge in [0.15, 0.2) is 0 Å². The summed E-state index contributed by atoms with van der Waals surface area (Å²) in [6.45, 7) is -0.0242. The SMILES string of the molecule is Cn1ccnc1C(O)(CCNC(=O)c1ccc(OCc2ccccc2)cc1)C(F)(F)F. The Kier molecular flexibility index (Phi) is 6.65. The van der Waals surface area contributed by atoms with Crippen molar-refractivity contribution in [2.24, 2.45) is 7.05 Å². The summed E-state index contributed by atoms with van der Waals surface area (Å²) in [6, 6.07) is 15.8. The number of carbonyl (C=O) groups is 1. The topological polar surface area (TPSA) is 76.4 Å². The van der Waals surface area contributed by atoms with E-state index in [9.17, 15) is 23.1 Å². The predicted molar refractivity (Wildman–Crippen MR) is 107 cm³/mol. The van der Waals surface area contributed by atoms with Crippen LogP contribution in [0.15, 0.2) is 67.0 Å². The van der Waals surface area contributed by atoms with Gasteiger partial charge < -0.3 is 19.7 Å². The molecule has 0 spiro atoms. The number of rotatable bonds is 8. The largest absolute Gasteiger partial charge is 0.489 e. The first-order valence-electron chi connectivity index (χ1n) is 9.52. The number of ether oxygens (including phenoxy) is 1. The molecule has 0 saturated carbocycles. The lowest BCUT2D eigenvalue weighted by Gasteiger charge is -2.30. The van der Waals surface area contributed by atoms with Crippen LogP contribution in [0.3, 0.4) is 0 Å². The van der Waals surface area contributed by atoms with Crippen LogP contribution in [-0.4, -0.2) is 33.3 Å². The highest BCUT2D eigenvalue weighted by Gasteiger charge is 2.57. The van der Waals surface area contributed by atoms with Gasteiger partial charge in [-0.3, -0.25) is 4.79 Å². The van der Waals surface area contributed by atoms with E-state index in [2.05, 4.69) is 10.3 Å². The number of nitrogens with one attached hydrogen (secondary N) is 1. The molecule has 0 fully saturated rings. The fraction of sp³-hybridized carbons (Fsp3) is 0.273. The van der Waals surface area contributed by atoms with Crippen LogP contribution in [0, 0.1) is 0 Å². The minimum atomic E-state index is -4.95. The number of aromatic nitrogens is 2. The van der Waals surface area contributed by atoms with Crippen molar-refractivity contribution in [2.75, 3.05) is 6.54 Å². The minimum absolute atomic E-state index is 0.264. The zero-order valence-corrected chi connectivity index (χ0v) is 16.8. The Morgan fingerprint density at radius 3 is 2.39 bits per heavy atom. The molecule has 31 heavy (non-hydrogen) atoms. The molecule has 0 radical (unpaired) electrons. The van der Waals surface area contributed by atoms with E-state index >= 15 is 0 Å². The third-order valence-corrected chi connectivity index (χ3v) is 4.80. The molecule has 0 aliphatic rings. The molecule has 1 heterocycles. The van der Waals surface area contributed by atoms with E-state index in [1.165, 1.54) is 31.6 Å². The number of aryl methyl sites for hydroxylation is 1. The maximum absolute atomic E-state index is 13.5. The van der Waals surface area contributed by atoms with Gasteiger partial charge in [0.25, 0.3) is 5.91 Å². The molecule has 1 atom stereocenters. The quantitative estimate of drug-likeness (QED) is 0.570. The molecule has 0 bridgehead atoms. The van der Waals surface area contributed by atoms with E-state index < -0.39 is 36.5 Å². The first-order chi connectivity index (χ1) is 14.7. The van der Waals surface area contributed by atoms with Crippen molar-refractivity contribution in [3.8, 4) is 5.75 Å². The van der Waals surface area contributed by atoms with Crippen molar-refractivity contribution in [2.45, 2.75) is 24.8 Å². The Morgan fingerprint density at radius 1 is 1.13 bits per heavy atom. The number of benzene rings is 2. The highest BCUT2D eigenvalue weighted by Crippen LogP contribution is 2.40. The zero-order valence-electron chi connectivity index (χ0n) is 16.8. The summed E-state index contributed by atoms with van der Waals surface area (Å²) >= 11 is 0. The van der Waals surface area contributed by atoms with Gasteiger partial charge in [-0.05, 0) is 29.8 Å². The lowest BCUT2D eigenvalue weighted by atomic mass is 9.97. The third kappa shape index (κ3) is 5.24. The summed E-state index contributed by atoms with van der Waals surface area (Å²) in [6.07, 6.45) is -3.24. The number of hydrogen-bond donors (Lipinski definition) is 2. The molecule has 0 aliphatic carbocycles. The monoisotopic (exact) mass is 433 g/mol. The van der Waals surface area contributed by atoms with Gasteiger partial charge >= 0.3 is 6.18 Å². The number of aliphatic hydroxyl groups is 1. The van der Waals surface area contributed by atoms with Crippen LogP contribution in [0.2, 0.25) is 0 Å². The fourth-order valence-corrected chi connectivity index (χ4v) is 3.05. The second kappa shape index (κ2) is 9.22. The highest BCUT2D eigenvalue weighted by molar-refractivity contribution is 5.94. The third-order valence-electron chi connectivity index (χ3n) is 4.80. The van der Waals surface area contributed by atoms with E-state index in [4.69, 9.17) is 4.74 Å². The maximum Gasteiger partial charge on any atom is 0.424 e. The molecule has 1 aromatic heterocycles. The van der Waals surface area contributed by atoms with Crippen molar-refractivity contribution in [1.82, 2.24) is 14.9 Å². The maximum atomic E-state index is 13.5. The van der Waals surface area contributed by atoms with Gasteiger partial charge in [-0.1, -0.05) is 30.3 Å². The van der Waals surface area contributed by atoms with Crippen LogP contribution < -0.4 is 10.1 Å². The number of alkyl halides is 3. The van der Waals surface area contributed by atoms with E-state index in [1.54, 1.807) is 12.1 Å². The number of nitrogens with zero attached hydrogens (tertiary/aromatic N) is 2.